The van der Waals surface area contributed by atoms with E-state index in [9.17, 15) is 14.7 Å². The number of aliphatic hydroxyl groups is 1. The van der Waals surface area contributed by atoms with Crippen molar-refractivity contribution in [3.8, 4) is 0 Å². The number of para-hydroxylation sites is 1. The number of rotatable bonds is 5. The molecule has 1 fully saturated rings. The molecule has 184 valence electrons. The minimum absolute atomic E-state index is 0.131. The number of likely N-dealkylation sites (tertiary alicyclic amines) is 1. The summed E-state index contributed by atoms with van der Waals surface area (Å²) in [7, 11) is 0. The van der Waals surface area contributed by atoms with Crippen LogP contribution in [0.1, 0.15) is 49.7 Å². The van der Waals surface area contributed by atoms with Crippen LogP contribution in [0.5, 0.6) is 0 Å². The Bertz CT molecular complexity index is 1540. The molecular weight excluding hydrogens is 474 g/mol. The molecule has 8 nitrogen and oxygen atoms in total. The van der Waals surface area contributed by atoms with Gasteiger partial charge in [0.15, 0.2) is 0 Å². The smallest absolute Gasteiger partial charge is 0.261 e. The van der Waals surface area contributed by atoms with Crippen LogP contribution in [-0.2, 0) is 9.59 Å². The average molecular weight is 502 g/mol. The normalized spacial score (nSPS) is 18.1. The first-order valence-corrected chi connectivity index (χ1v) is 13.0. The fraction of sp³-hybridized carbons (Fsp3) is 0.333. The predicted molar refractivity (Wildman–Crippen MR) is 140 cm³/mol. The molecule has 9 heteroatoms. The maximum Gasteiger partial charge on any atom is 0.261 e. The van der Waals surface area contributed by atoms with Crippen molar-refractivity contribution >= 4 is 55.4 Å². The van der Waals surface area contributed by atoms with Crippen LogP contribution in [0, 0.1) is 0 Å². The Kier molecular flexibility index (Phi) is 5.51. The van der Waals surface area contributed by atoms with Crippen LogP contribution >= 0.6 is 11.3 Å². The molecule has 0 radical (unpaired) electrons. The van der Waals surface area contributed by atoms with Crippen molar-refractivity contribution in [3.05, 3.63) is 59.0 Å². The molecule has 0 bridgehead atoms. The van der Waals surface area contributed by atoms with Gasteiger partial charge in [-0.05, 0) is 57.3 Å². The van der Waals surface area contributed by atoms with Crippen LogP contribution < -0.4 is 5.32 Å². The molecule has 36 heavy (non-hydrogen) atoms. The van der Waals surface area contributed by atoms with Gasteiger partial charge in [0.2, 0.25) is 0 Å². The van der Waals surface area contributed by atoms with E-state index in [1.54, 1.807) is 6.20 Å². The Labute approximate surface area is 212 Å². The molecule has 0 aliphatic carbocycles. The quantitative estimate of drug-likeness (QED) is 0.360. The molecule has 5 heterocycles. The van der Waals surface area contributed by atoms with Crippen molar-refractivity contribution in [2.45, 2.75) is 38.2 Å². The number of H-pyrrole nitrogens is 1. The number of hydrogen-bond donors (Lipinski definition) is 3. The highest BCUT2D eigenvalue weighted by atomic mass is 32.1. The molecule has 2 aliphatic rings. The number of imide groups is 1. The second-order valence-electron chi connectivity index (χ2n) is 10.2. The Morgan fingerprint density at radius 2 is 1.83 bits per heavy atom. The number of carbonyl (C=O) groups is 2. The largest absolute Gasteiger partial charge is 0.389 e. The summed E-state index contributed by atoms with van der Waals surface area (Å²) in [6.07, 6.45) is 3.51. The highest BCUT2D eigenvalue weighted by Gasteiger charge is 2.36. The summed E-state index contributed by atoms with van der Waals surface area (Å²) in [6.45, 7) is 5.95. The number of benzene rings is 1. The lowest BCUT2D eigenvalue weighted by molar-refractivity contribution is -0.122. The number of carbonyl (C=O) groups excluding carboxylic acids is 2. The van der Waals surface area contributed by atoms with E-state index in [1.807, 2.05) is 49.6 Å². The Morgan fingerprint density at radius 1 is 1.08 bits per heavy atom. The minimum Gasteiger partial charge on any atom is -0.389 e. The van der Waals surface area contributed by atoms with E-state index in [-0.39, 0.29) is 5.92 Å². The first kappa shape index (κ1) is 23.0. The second kappa shape index (κ2) is 8.62. The van der Waals surface area contributed by atoms with Crippen molar-refractivity contribution < 1.29 is 14.7 Å². The van der Waals surface area contributed by atoms with Gasteiger partial charge < -0.3 is 15.0 Å². The summed E-state index contributed by atoms with van der Waals surface area (Å²) < 4.78 is 0.935. The third kappa shape index (κ3) is 4.03. The third-order valence-electron chi connectivity index (χ3n) is 6.90. The number of hydrogen-bond acceptors (Lipinski definition) is 7. The highest BCUT2D eigenvalue weighted by molar-refractivity contribution is 7.17. The average Bonchev–Trinajstić information content (AvgIpc) is 3.52. The number of piperidine rings is 1. The zero-order valence-electron chi connectivity index (χ0n) is 20.2. The minimum atomic E-state index is -0.739. The van der Waals surface area contributed by atoms with E-state index >= 15 is 0 Å². The van der Waals surface area contributed by atoms with Crippen LogP contribution in [0.15, 0.2) is 41.9 Å². The van der Waals surface area contributed by atoms with Crippen molar-refractivity contribution in [1.82, 2.24) is 25.2 Å². The summed E-state index contributed by atoms with van der Waals surface area (Å²) in [5.41, 5.74) is 2.81. The van der Waals surface area contributed by atoms with Crippen molar-refractivity contribution in [2.75, 3.05) is 19.6 Å². The first-order chi connectivity index (χ1) is 17.3. The molecule has 1 aromatic carbocycles. The van der Waals surface area contributed by atoms with Gasteiger partial charge in [-0.3, -0.25) is 14.9 Å². The molecular formula is C27H27N5O3S. The topological polar surface area (TPSA) is 111 Å². The number of nitrogens with zero attached hydrogens (tertiary/aromatic N) is 3. The van der Waals surface area contributed by atoms with E-state index in [2.05, 4.69) is 15.2 Å². The van der Waals surface area contributed by atoms with Crippen molar-refractivity contribution in [3.63, 3.8) is 0 Å². The van der Waals surface area contributed by atoms with Gasteiger partial charge in [0.05, 0.1) is 38.2 Å². The molecule has 3 N–H and O–H groups in total. The molecule has 0 spiro atoms. The van der Waals surface area contributed by atoms with Crippen LogP contribution in [0.4, 0.5) is 0 Å². The third-order valence-corrected chi connectivity index (χ3v) is 7.85. The number of β-amino-alcohol motifs (C(OH)–C–C–N with tert-alkyl or cyclic N) is 1. The number of aromatic amines is 1. The van der Waals surface area contributed by atoms with Gasteiger partial charge in [-0.2, -0.15) is 0 Å². The van der Waals surface area contributed by atoms with Gasteiger partial charge in [0.25, 0.3) is 11.8 Å². The maximum atomic E-state index is 13.2. The molecule has 2 aliphatic heterocycles. The number of thiophene rings is 1. The first-order valence-electron chi connectivity index (χ1n) is 12.2. The van der Waals surface area contributed by atoms with Gasteiger partial charge in [0, 0.05) is 29.6 Å². The van der Waals surface area contributed by atoms with E-state index in [1.165, 1.54) is 11.3 Å². The molecule has 1 saturated heterocycles. The molecule has 2 amide bonds. The van der Waals surface area contributed by atoms with E-state index in [4.69, 9.17) is 9.97 Å². The van der Waals surface area contributed by atoms with Crippen LogP contribution in [0.3, 0.4) is 0 Å². The summed E-state index contributed by atoms with van der Waals surface area (Å²) in [5, 5.41) is 15.4. The summed E-state index contributed by atoms with van der Waals surface area (Å²) >= 11 is 1.53. The maximum absolute atomic E-state index is 13.2. The fourth-order valence-corrected chi connectivity index (χ4v) is 6.22. The zero-order chi connectivity index (χ0) is 25.0. The molecule has 4 aromatic rings. The lowest BCUT2D eigenvalue weighted by Crippen LogP contribution is -2.42. The van der Waals surface area contributed by atoms with Crippen LogP contribution in [-0.4, -0.2) is 62.0 Å². The number of nitrogens with one attached hydrogen (secondary N) is 2. The van der Waals surface area contributed by atoms with E-state index < -0.39 is 17.4 Å². The Morgan fingerprint density at radius 3 is 2.61 bits per heavy atom. The van der Waals surface area contributed by atoms with Gasteiger partial charge in [-0.15, -0.1) is 11.3 Å². The zero-order valence-corrected chi connectivity index (χ0v) is 21.0. The number of amides is 2. The predicted octanol–water partition coefficient (Wildman–Crippen LogP) is 3.69. The van der Waals surface area contributed by atoms with Gasteiger partial charge >= 0.3 is 0 Å². The number of aromatic nitrogens is 3. The van der Waals surface area contributed by atoms with Gasteiger partial charge in [-0.25, -0.2) is 9.97 Å². The Hall–Kier alpha value is -3.40. The molecule has 6 rings (SSSR count). The van der Waals surface area contributed by atoms with Crippen molar-refractivity contribution in [1.29, 1.82) is 0 Å². The summed E-state index contributed by atoms with van der Waals surface area (Å²) in [5.74, 6) is -0.0167. The molecule has 0 saturated carbocycles. The molecule has 3 aromatic heterocycles. The standard InChI is InChI=1S/C27H27N5O3S/c1-27(2,35)14-32-10-7-15(8-11-32)24-29-18-6-4-3-5-16(18)22(30-24)21-20(25(33)31-26(21)34)17-13-28-19-9-12-36-23(17)19/h3-6,9,12-13,15,28,35H,7-8,10-11,14H2,1-2H3,(H,31,33,34). The van der Waals surface area contributed by atoms with Gasteiger partial charge in [-0.1, -0.05) is 18.2 Å². The van der Waals surface area contributed by atoms with Crippen molar-refractivity contribution in [2.24, 2.45) is 0 Å². The van der Waals surface area contributed by atoms with E-state index in [0.29, 0.717) is 34.8 Å². The van der Waals surface area contributed by atoms with Gasteiger partial charge in [0.1, 0.15) is 5.82 Å². The van der Waals surface area contributed by atoms with Crippen LogP contribution in [0.2, 0.25) is 0 Å². The number of fused-ring (bicyclic) bond motifs is 2. The lowest BCUT2D eigenvalue weighted by Gasteiger charge is -2.34. The van der Waals surface area contributed by atoms with Crippen LogP contribution in [0.25, 0.3) is 32.3 Å². The monoisotopic (exact) mass is 501 g/mol. The van der Waals surface area contributed by atoms with E-state index in [0.717, 1.165) is 47.1 Å². The Balaban J connectivity index is 1.46. The highest BCUT2D eigenvalue weighted by Crippen LogP contribution is 2.39. The molecule has 0 unspecified atom stereocenters. The second-order valence-corrected chi connectivity index (χ2v) is 11.1. The fourth-order valence-electron chi connectivity index (χ4n) is 5.33. The summed E-state index contributed by atoms with van der Waals surface area (Å²) in [6, 6.07) is 9.61. The lowest BCUT2D eigenvalue weighted by atomic mass is 9.93. The summed E-state index contributed by atoms with van der Waals surface area (Å²) in [4.78, 5) is 41.5. The SMILES string of the molecule is CC(C)(O)CN1CCC(c2nc(C3=C(c4c[nH]c5ccsc45)C(=O)NC3=O)c3ccccc3n2)CC1. The molecule has 0 atom stereocenters.